The normalized spacial score (nSPS) is 21.8. The molecule has 1 aromatic heterocycles. The van der Waals surface area contributed by atoms with Gasteiger partial charge >= 0.3 is 5.97 Å². The van der Waals surface area contributed by atoms with Crippen LogP contribution in [0.2, 0.25) is 0 Å². The van der Waals surface area contributed by atoms with Crippen molar-refractivity contribution in [1.82, 2.24) is 4.31 Å². The molecule has 2 rings (SSSR count). The SMILES string of the molecule is Cc1csc(C(=O)O)c1S(=O)(=O)N(C)C1CCS(=O)(=O)C1. The van der Waals surface area contributed by atoms with Gasteiger partial charge in [-0.15, -0.1) is 11.3 Å². The van der Waals surface area contributed by atoms with E-state index in [1.807, 2.05) is 0 Å². The number of rotatable bonds is 4. The number of sulfone groups is 1. The summed E-state index contributed by atoms with van der Waals surface area (Å²) in [6.07, 6.45) is 0.226. The average molecular weight is 353 g/mol. The van der Waals surface area contributed by atoms with E-state index >= 15 is 0 Å². The maximum Gasteiger partial charge on any atom is 0.347 e. The number of carboxylic acid groups (broad SMARTS) is 1. The van der Waals surface area contributed by atoms with Crippen molar-refractivity contribution in [2.75, 3.05) is 18.6 Å². The summed E-state index contributed by atoms with van der Waals surface area (Å²) in [4.78, 5) is 10.7. The molecular weight excluding hydrogens is 338 g/mol. The topological polar surface area (TPSA) is 109 Å². The number of hydrogen-bond donors (Lipinski definition) is 1. The van der Waals surface area contributed by atoms with E-state index in [1.54, 1.807) is 0 Å². The molecule has 1 aromatic rings. The Kier molecular flexibility index (Phi) is 4.17. The predicted octanol–water partition coefficient (Wildman–Crippen LogP) is 0.562. The molecule has 118 valence electrons. The molecule has 0 saturated carbocycles. The van der Waals surface area contributed by atoms with E-state index in [1.165, 1.54) is 19.4 Å². The number of sulfonamides is 1. The quantitative estimate of drug-likeness (QED) is 0.847. The predicted molar refractivity (Wildman–Crippen MR) is 78.0 cm³/mol. The van der Waals surface area contributed by atoms with Gasteiger partial charge in [0.15, 0.2) is 9.84 Å². The maximum atomic E-state index is 12.6. The van der Waals surface area contributed by atoms with Crippen molar-refractivity contribution >= 4 is 37.2 Å². The number of carboxylic acids is 1. The van der Waals surface area contributed by atoms with Crippen LogP contribution in [-0.2, 0) is 19.9 Å². The lowest BCUT2D eigenvalue weighted by Gasteiger charge is -2.23. The van der Waals surface area contributed by atoms with Crippen molar-refractivity contribution in [3.05, 3.63) is 15.8 Å². The second kappa shape index (κ2) is 5.34. The van der Waals surface area contributed by atoms with Gasteiger partial charge in [-0.1, -0.05) is 0 Å². The summed E-state index contributed by atoms with van der Waals surface area (Å²) < 4.78 is 49.2. The first-order chi connectivity index (χ1) is 9.56. The maximum absolute atomic E-state index is 12.6. The number of aryl methyl sites for hydroxylation is 1. The zero-order valence-electron chi connectivity index (χ0n) is 11.4. The molecule has 0 spiro atoms. The van der Waals surface area contributed by atoms with Crippen LogP contribution < -0.4 is 0 Å². The molecule has 1 saturated heterocycles. The van der Waals surface area contributed by atoms with Crippen LogP contribution in [0.5, 0.6) is 0 Å². The van der Waals surface area contributed by atoms with Crippen molar-refractivity contribution in [1.29, 1.82) is 0 Å². The Labute approximate surface area is 127 Å². The lowest BCUT2D eigenvalue weighted by molar-refractivity contribution is 0.0698. The van der Waals surface area contributed by atoms with Crippen LogP contribution in [0.25, 0.3) is 0 Å². The summed E-state index contributed by atoms with van der Waals surface area (Å²) in [6.45, 7) is 1.52. The summed E-state index contributed by atoms with van der Waals surface area (Å²) in [6, 6.07) is -0.652. The number of aromatic carboxylic acids is 1. The van der Waals surface area contributed by atoms with Crippen LogP contribution in [0.3, 0.4) is 0 Å². The lowest BCUT2D eigenvalue weighted by atomic mass is 10.3. The molecule has 1 fully saturated rings. The molecule has 0 bridgehead atoms. The van der Waals surface area contributed by atoms with Crippen molar-refractivity contribution < 1.29 is 26.7 Å². The van der Waals surface area contributed by atoms with Crippen LogP contribution in [0.4, 0.5) is 0 Å². The minimum atomic E-state index is -4.04. The van der Waals surface area contributed by atoms with Gasteiger partial charge < -0.3 is 5.11 Å². The van der Waals surface area contributed by atoms with E-state index in [-0.39, 0.29) is 27.7 Å². The molecule has 0 amide bonds. The van der Waals surface area contributed by atoms with E-state index < -0.39 is 31.9 Å². The summed E-state index contributed by atoms with van der Waals surface area (Å²) in [5, 5.41) is 10.6. The van der Waals surface area contributed by atoms with Crippen LogP contribution in [0.1, 0.15) is 21.7 Å². The second-order valence-corrected chi connectivity index (χ2v) is 10.0. The number of nitrogens with zero attached hydrogens (tertiary/aromatic N) is 1. The minimum Gasteiger partial charge on any atom is -0.477 e. The summed E-state index contributed by atoms with van der Waals surface area (Å²) in [7, 11) is -5.97. The summed E-state index contributed by atoms with van der Waals surface area (Å²) >= 11 is 0.847. The van der Waals surface area contributed by atoms with E-state index in [2.05, 4.69) is 0 Å². The molecule has 1 N–H and O–H groups in total. The van der Waals surface area contributed by atoms with E-state index in [9.17, 15) is 21.6 Å². The van der Waals surface area contributed by atoms with E-state index in [4.69, 9.17) is 5.11 Å². The Bertz CT molecular complexity index is 777. The lowest BCUT2D eigenvalue weighted by Crippen LogP contribution is -2.38. The fourth-order valence-electron chi connectivity index (χ4n) is 2.30. The Balaban J connectivity index is 2.44. The average Bonchev–Trinajstić information content (AvgIpc) is 2.91. The van der Waals surface area contributed by atoms with Gasteiger partial charge in [-0.05, 0) is 24.3 Å². The van der Waals surface area contributed by atoms with Crippen molar-refractivity contribution in [3.8, 4) is 0 Å². The Morgan fingerprint density at radius 2 is 2.10 bits per heavy atom. The first kappa shape index (κ1) is 16.4. The highest BCUT2D eigenvalue weighted by Gasteiger charge is 2.39. The van der Waals surface area contributed by atoms with Gasteiger partial charge in [-0.3, -0.25) is 0 Å². The van der Waals surface area contributed by atoms with Crippen molar-refractivity contribution in [2.24, 2.45) is 0 Å². The Hall–Kier alpha value is -0.970. The van der Waals surface area contributed by atoms with Crippen LogP contribution in [0, 0.1) is 6.92 Å². The molecule has 0 aliphatic carbocycles. The first-order valence-corrected chi connectivity index (χ1v) is 10.2. The van der Waals surface area contributed by atoms with Crippen LogP contribution in [-0.4, -0.2) is 56.8 Å². The van der Waals surface area contributed by atoms with Gasteiger partial charge in [0.2, 0.25) is 10.0 Å². The van der Waals surface area contributed by atoms with Gasteiger partial charge in [0.1, 0.15) is 9.77 Å². The number of hydrogen-bond acceptors (Lipinski definition) is 6. The Morgan fingerprint density at radius 1 is 1.48 bits per heavy atom. The smallest absolute Gasteiger partial charge is 0.347 e. The fourth-order valence-corrected chi connectivity index (χ4v) is 7.14. The zero-order valence-corrected chi connectivity index (χ0v) is 13.9. The standard InChI is InChI=1S/C11H15NO6S3/c1-7-5-19-9(11(13)14)10(7)21(17,18)12(2)8-3-4-20(15,16)6-8/h5,8H,3-4,6H2,1-2H3,(H,13,14). The molecule has 1 aliphatic rings. The zero-order chi connectivity index (χ0) is 16.0. The molecule has 1 atom stereocenters. The molecule has 10 heteroatoms. The molecule has 1 unspecified atom stereocenters. The van der Waals surface area contributed by atoms with Gasteiger partial charge in [-0.25, -0.2) is 21.6 Å². The van der Waals surface area contributed by atoms with Gasteiger partial charge in [0.25, 0.3) is 0 Å². The highest BCUT2D eigenvalue weighted by atomic mass is 32.2. The Morgan fingerprint density at radius 3 is 2.57 bits per heavy atom. The third-order valence-electron chi connectivity index (χ3n) is 3.47. The highest BCUT2D eigenvalue weighted by Crippen LogP contribution is 2.31. The third kappa shape index (κ3) is 2.98. The molecule has 7 nitrogen and oxygen atoms in total. The second-order valence-electron chi connectivity index (χ2n) is 4.96. The molecule has 2 heterocycles. The van der Waals surface area contributed by atoms with Crippen LogP contribution in [0.15, 0.2) is 10.3 Å². The third-order valence-corrected chi connectivity index (χ3v) is 8.54. The minimum absolute atomic E-state index is 0.0497. The van der Waals surface area contributed by atoms with Crippen LogP contribution >= 0.6 is 11.3 Å². The van der Waals surface area contributed by atoms with Gasteiger partial charge in [0.05, 0.1) is 11.5 Å². The molecule has 0 radical (unpaired) electrons. The number of carbonyl (C=O) groups is 1. The molecular formula is C11H15NO6S3. The molecule has 21 heavy (non-hydrogen) atoms. The number of thiophene rings is 1. The first-order valence-electron chi connectivity index (χ1n) is 6.06. The highest BCUT2D eigenvalue weighted by molar-refractivity contribution is 7.92. The van der Waals surface area contributed by atoms with Gasteiger partial charge in [-0.2, -0.15) is 4.31 Å². The monoisotopic (exact) mass is 353 g/mol. The summed E-state index contributed by atoms with van der Waals surface area (Å²) in [5.74, 6) is -1.58. The molecule has 0 aromatic carbocycles. The van der Waals surface area contributed by atoms with Gasteiger partial charge in [0, 0.05) is 13.1 Å². The van der Waals surface area contributed by atoms with Crippen molar-refractivity contribution in [3.63, 3.8) is 0 Å². The van der Waals surface area contributed by atoms with E-state index in [0.717, 1.165) is 15.6 Å². The van der Waals surface area contributed by atoms with E-state index in [0.29, 0.717) is 5.56 Å². The van der Waals surface area contributed by atoms with Crippen molar-refractivity contribution in [2.45, 2.75) is 24.3 Å². The fraction of sp³-hybridized carbons (Fsp3) is 0.545. The largest absolute Gasteiger partial charge is 0.477 e. The summed E-state index contributed by atoms with van der Waals surface area (Å²) in [5.41, 5.74) is 0.352. The molecule has 1 aliphatic heterocycles.